The Balaban J connectivity index is 1.74. The number of nitrogens with one attached hydrogen (secondary N) is 1. The third-order valence-corrected chi connectivity index (χ3v) is 4.20. The predicted octanol–water partition coefficient (Wildman–Crippen LogP) is 3.46. The summed E-state index contributed by atoms with van der Waals surface area (Å²) in [6, 6.07) is 14.0. The molecule has 3 rings (SSSR count). The minimum Gasteiger partial charge on any atom is -0.352 e. The maximum Gasteiger partial charge on any atom is 0.225 e. The van der Waals surface area contributed by atoms with Gasteiger partial charge in [-0.3, -0.25) is 9.78 Å². The number of hydrogen-bond donors (Lipinski definition) is 1. The fraction of sp³-hybridized carbons (Fsp3) is 0.176. The topological polar surface area (TPSA) is 42.0 Å². The summed E-state index contributed by atoms with van der Waals surface area (Å²) in [4.78, 5) is 17.6. The van der Waals surface area contributed by atoms with Crippen LogP contribution in [0, 0.1) is 6.92 Å². The Labute approximate surface area is 127 Å². The molecule has 0 spiro atoms. The molecule has 0 aliphatic carbocycles. The molecule has 106 valence electrons. The van der Waals surface area contributed by atoms with Crippen LogP contribution in [0.4, 0.5) is 0 Å². The zero-order valence-corrected chi connectivity index (χ0v) is 12.6. The Hall–Kier alpha value is -2.20. The molecule has 1 amide bonds. The van der Waals surface area contributed by atoms with E-state index in [9.17, 15) is 4.79 Å². The highest BCUT2D eigenvalue weighted by Gasteiger charge is 2.07. The van der Waals surface area contributed by atoms with Gasteiger partial charge in [-0.05, 0) is 36.1 Å². The summed E-state index contributed by atoms with van der Waals surface area (Å²) < 4.78 is 0. The molecule has 4 heteroatoms. The lowest BCUT2D eigenvalue weighted by atomic mass is 10.1. The number of rotatable bonds is 4. The number of nitrogens with zero attached hydrogens (tertiary/aromatic N) is 1. The number of pyridine rings is 1. The summed E-state index contributed by atoms with van der Waals surface area (Å²) in [5.74, 6) is 0.0518. The summed E-state index contributed by atoms with van der Waals surface area (Å²) in [7, 11) is 0. The van der Waals surface area contributed by atoms with Crippen LogP contribution in [0.1, 0.15) is 16.1 Å². The first-order valence-electron chi connectivity index (χ1n) is 6.87. The summed E-state index contributed by atoms with van der Waals surface area (Å²) in [6.45, 7) is 2.51. The fourth-order valence-corrected chi connectivity index (χ4v) is 3.07. The quantitative estimate of drug-likeness (QED) is 0.801. The molecule has 0 aliphatic heterocycles. The number of benzene rings is 1. The maximum absolute atomic E-state index is 12.0. The van der Waals surface area contributed by atoms with Gasteiger partial charge in [-0.15, -0.1) is 11.3 Å². The van der Waals surface area contributed by atoms with Crippen LogP contribution < -0.4 is 5.32 Å². The highest BCUT2D eigenvalue weighted by Crippen LogP contribution is 2.18. The number of hydrogen-bond acceptors (Lipinski definition) is 3. The molecule has 0 aliphatic rings. The second-order valence-corrected chi connectivity index (χ2v) is 6.01. The Kier molecular flexibility index (Phi) is 3.97. The first-order chi connectivity index (χ1) is 10.2. The van der Waals surface area contributed by atoms with E-state index in [0.29, 0.717) is 13.0 Å². The van der Waals surface area contributed by atoms with Crippen molar-refractivity contribution in [2.75, 3.05) is 0 Å². The number of fused-ring (bicyclic) bond motifs is 1. The van der Waals surface area contributed by atoms with E-state index in [4.69, 9.17) is 0 Å². The lowest BCUT2D eigenvalue weighted by Gasteiger charge is -2.09. The molecule has 2 heterocycles. The highest BCUT2D eigenvalue weighted by molar-refractivity contribution is 7.10. The van der Waals surface area contributed by atoms with Crippen LogP contribution in [0.15, 0.2) is 47.8 Å². The van der Waals surface area contributed by atoms with E-state index in [1.54, 1.807) is 11.3 Å². The number of para-hydroxylation sites is 1. The molecule has 0 saturated heterocycles. The molecule has 2 aromatic heterocycles. The van der Waals surface area contributed by atoms with E-state index < -0.39 is 0 Å². The Morgan fingerprint density at radius 1 is 1.24 bits per heavy atom. The van der Waals surface area contributed by atoms with Crippen molar-refractivity contribution in [2.24, 2.45) is 0 Å². The van der Waals surface area contributed by atoms with Crippen LogP contribution in [0.2, 0.25) is 0 Å². The molecule has 1 aromatic carbocycles. The molecule has 3 aromatic rings. The molecular formula is C17H16N2OS. The van der Waals surface area contributed by atoms with Gasteiger partial charge in [0.15, 0.2) is 0 Å². The van der Waals surface area contributed by atoms with Gasteiger partial charge in [0, 0.05) is 22.5 Å². The zero-order chi connectivity index (χ0) is 14.7. The number of aromatic nitrogens is 1. The summed E-state index contributed by atoms with van der Waals surface area (Å²) in [5.41, 5.74) is 3.05. The van der Waals surface area contributed by atoms with Crippen molar-refractivity contribution in [3.63, 3.8) is 0 Å². The van der Waals surface area contributed by atoms with Crippen molar-refractivity contribution in [1.29, 1.82) is 0 Å². The summed E-state index contributed by atoms with van der Waals surface area (Å²) >= 11 is 1.61. The number of carbonyl (C=O) groups is 1. The smallest absolute Gasteiger partial charge is 0.225 e. The fourth-order valence-electron chi connectivity index (χ4n) is 2.37. The summed E-state index contributed by atoms with van der Waals surface area (Å²) in [5, 5.41) is 6.08. The van der Waals surface area contributed by atoms with Gasteiger partial charge in [0.1, 0.15) is 0 Å². The van der Waals surface area contributed by atoms with Crippen molar-refractivity contribution in [2.45, 2.75) is 19.9 Å². The molecular weight excluding hydrogens is 280 g/mol. The third-order valence-electron chi connectivity index (χ3n) is 3.32. The van der Waals surface area contributed by atoms with E-state index in [-0.39, 0.29) is 5.91 Å². The van der Waals surface area contributed by atoms with Crippen LogP contribution in [0.25, 0.3) is 10.9 Å². The molecule has 0 fully saturated rings. The number of aryl methyl sites for hydroxylation is 1. The van der Waals surface area contributed by atoms with Gasteiger partial charge in [-0.1, -0.05) is 24.3 Å². The molecule has 0 saturated carbocycles. The predicted molar refractivity (Wildman–Crippen MR) is 86.3 cm³/mol. The van der Waals surface area contributed by atoms with Crippen molar-refractivity contribution >= 4 is 28.1 Å². The monoisotopic (exact) mass is 296 g/mol. The van der Waals surface area contributed by atoms with Gasteiger partial charge in [0.05, 0.1) is 11.9 Å². The molecule has 21 heavy (non-hydrogen) atoms. The van der Waals surface area contributed by atoms with E-state index in [0.717, 1.165) is 27.0 Å². The molecule has 1 N–H and O–H groups in total. The minimum atomic E-state index is 0.0518. The van der Waals surface area contributed by atoms with Gasteiger partial charge in [0.25, 0.3) is 0 Å². The van der Waals surface area contributed by atoms with Crippen molar-refractivity contribution in [3.05, 3.63) is 64.0 Å². The Bertz CT molecular complexity index is 766. The van der Waals surface area contributed by atoms with Crippen LogP contribution >= 0.6 is 11.3 Å². The highest BCUT2D eigenvalue weighted by atomic mass is 32.1. The van der Waals surface area contributed by atoms with E-state index in [1.807, 2.05) is 54.8 Å². The molecule has 0 atom stereocenters. The molecule has 0 bridgehead atoms. The van der Waals surface area contributed by atoms with E-state index in [2.05, 4.69) is 10.3 Å². The zero-order valence-electron chi connectivity index (χ0n) is 11.8. The Morgan fingerprint density at radius 2 is 2.10 bits per heavy atom. The van der Waals surface area contributed by atoms with Crippen molar-refractivity contribution in [3.8, 4) is 0 Å². The lowest BCUT2D eigenvalue weighted by molar-refractivity contribution is -0.120. The SMILES string of the molecule is Cc1cc(CNC(=O)Cc2cccs2)c2ccccc2n1. The molecule has 0 radical (unpaired) electrons. The van der Waals surface area contributed by atoms with Gasteiger partial charge < -0.3 is 5.32 Å². The Morgan fingerprint density at radius 3 is 2.90 bits per heavy atom. The first kappa shape index (κ1) is 13.8. The van der Waals surface area contributed by atoms with Gasteiger partial charge >= 0.3 is 0 Å². The third kappa shape index (κ3) is 3.28. The van der Waals surface area contributed by atoms with E-state index >= 15 is 0 Å². The number of amides is 1. The standard InChI is InChI=1S/C17H16N2OS/c1-12-9-13(15-6-2-3-7-16(15)19-12)11-18-17(20)10-14-5-4-8-21-14/h2-9H,10-11H2,1H3,(H,18,20). The van der Waals surface area contributed by atoms with E-state index in [1.165, 1.54) is 0 Å². The van der Waals surface area contributed by atoms with Crippen LogP contribution in [-0.4, -0.2) is 10.9 Å². The van der Waals surface area contributed by atoms with Gasteiger partial charge in [-0.2, -0.15) is 0 Å². The summed E-state index contributed by atoms with van der Waals surface area (Å²) in [6.07, 6.45) is 0.444. The largest absolute Gasteiger partial charge is 0.352 e. The van der Waals surface area contributed by atoms with Gasteiger partial charge in [-0.25, -0.2) is 0 Å². The second-order valence-electron chi connectivity index (χ2n) is 4.97. The van der Waals surface area contributed by atoms with Crippen molar-refractivity contribution in [1.82, 2.24) is 10.3 Å². The van der Waals surface area contributed by atoms with Crippen LogP contribution in [0.3, 0.4) is 0 Å². The normalized spacial score (nSPS) is 10.7. The number of thiophene rings is 1. The maximum atomic E-state index is 12.0. The van der Waals surface area contributed by atoms with Crippen LogP contribution in [-0.2, 0) is 17.8 Å². The van der Waals surface area contributed by atoms with Crippen molar-refractivity contribution < 1.29 is 4.79 Å². The number of carbonyl (C=O) groups excluding carboxylic acids is 1. The molecule has 3 nitrogen and oxygen atoms in total. The van der Waals surface area contributed by atoms with Gasteiger partial charge in [0.2, 0.25) is 5.91 Å². The molecule has 0 unspecified atom stereocenters. The average molecular weight is 296 g/mol. The lowest BCUT2D eigenvalue weighted by Crippen LogP contribution is -2.24. The van der Waals surface area contributed by atoms with Crippen LogP contribution in [0.5, 0.6) is 0 Å². The minimum absolute atomic E-state index is 0.0518. The average Bonchev–Trinajstić information content (AvgIpc) is 2.97. The second kappa shape index (κ2) is 6.06. The first-order valence-corrected chi connectivity index (χ1v) is 7.75.